The third-order valence-electron chi connectivity index (χ3n) is 3.23. The van der Waals surface area contributed by atoms with E-state index in [4.69, 9.17) is 4.52 Å². The standard InChI is InChI=1S/C13H20N4O/c1-5-17-7-6-14-12(17)8-15-9(2)13-10(3)16-18-11(13)4/h6-7,9,15H,5,8H2,1-4H3. The van der Waals surface area contributed by atoms with Gasteiger partial charge in [-0.1, -0.05) is 5.16 Å². The van der Waals surface area contributed by atoms with E-state index < -0.39 is 0 Å². The molecular weight excluding hydrogens is 228 g/mol. The first-order chi connectivity index (χ1) is 8.63. The van der Waals surface area contributed by atoms with Crippen molar-refractivity contribution in [1.82, 2.24) is 20.0 Å². The van der Waals surface area contributed by atoms with Gasteiger partial charge in [0.15, 0.2) is 0 Å². The van der Waals surface area contributed by atoms with Gasteiger partial charge >= 0.3 is 0 Å². The first-order valence-corrected chi connectivity index (χ1v) is 6.29. The lowest BCUT2D eigenvalue weighted by Crippen LogP contribution is -2.21. The van der Waals surface area contributed by atoms with Gasteiger partial charge in [-0.3, -0.25) is 0 Å². The molecule has 0 radical (unpaired) electrons. The van der Waals surface area contributed by atoms with E-state index in [1.54, 1.807) is 0 Å². The van der Waals surface area contributed by atoms with Crippen LogP contribution in [-0.4, -0.2) is 14.7 Å². The first-order valence-electron chi connectivity index (χ1n) is 6.29. The lowest BCUT2D eigenvalue weighted by molar-refractivity contribution is 0.390. The molecule has 1 atom stereocenters. The van der Waals surface area contributed by atoms with E-state index in [1.807, 2.05) is 26.2 Å². The maximum absolute atomic E-state index is 5.19. The molecule has 2 aromatic rings. The normalized spacial score (nSPS) is 12.9. The van der Waals surface area contributed by atoms with Crippen molar-refractivity contribution < 1.29 is 4.52 Å². The van der Waals surface area contributed by atoms with E-state index in [9.17, 15) is 0 Å². The predicted molar refractivity (Wildman–Crippen MR) is 69.1 cm³/mol. The van der Waals surface area contributed by atoms with Crippen LogP contribution in [0.1, 0.15) is 42.7 Å². The van der Waals surface area contributed by atoms with Crippen LogP contribution < -0.4 is 5.32 Å². The molecule has 0 fully saturated rings. The Kier molecular flexibility index (Phi) is 3.81. The van der Waals surface area contributed by atoms with E-state index in [1.165, 1.54) is 0 Å². The van der Waals surface area contributed by atoms with Crippen molar-refractivity contribution in [2.45, 2.75) is 46.8 Å². The number of imidazole rings is 1. The Labute approximate surface area is 107 Å². The van der Waals surface area contributed by atoms with Crippen LogP contribution in [0.4, 0.5) is 0 Å². The van der Waals surface area contributed by atoms with Gasteiger partial charge in [0, 0.05) is 30.5 Å². The Balaban J connectivity index is 2.03. The number of rotatable bonds is 5. The minimum atomic E-state index is 0.207. The maximum Gasteiger partial charge on any atom is 0.138 e. The highest BCUT2D eigenvalue weighted by atomic mass is 16.5. The summed E-state index contributed by atoms with van der Waals surface area (Å²) in [6.45, 7) is 9.83. The predicted octanol–water partition coefficient (Wildman–Crippen LogP) is 2.36. The number of nitrogens with one attached hydrogen (secondary N) is 1. The van der Waals surface area contributed by atoms with Crippen molar-refractivity contribution in [1.29, 1.82) is 0 Å². The Morgan fingerprint density at radius 3 is 2.83 bits per heavy atom. The van der Waals surface area contributed by atoms with E-state index >= 15 is 0 Å². The molecule has 0 spiro atoms. The minimum Gasteiger partial charge on any atom is -0.361 e. The molecule has 0 amide bonds. The molecule has 98 valence electrons. The van der Waals surface area contributed by atoms with Crippen LogP contribution >= 0.6 is 0 Å². The van der Waals surface area contributed by atoms with Gasteiger partial charge in [-0.05, 0) is 27.7 Å². The molecule has 1 unspecified atom stereocenters. The Bertz CT molecular complexity index is 495. The van der Waals surface area contributed by atoms with Crippen LogP contribution in [0, 0.1) is 13.8 Å². The van der Waals surface area contributed by atoms with Gasteiger partial charge in [-0.2, -0.15) is 0 Å². The first kappa shape index (κ1) is 12.8. The molecule has 5 nitrogen and oxygen atoms in total. The minimum absolute atomic E-state index is 0.207. The van der Waals surface area contributed by atoms with Crippen molar-refractivity contribution >= 4 is 0 Å². The molecule has 0 saturated heterocycles. The number of hydrogen-bond donors (Lipinski definition) is 1. The average molecular weight is 248 g/mol. The highest BCUT2D eigenvalue weighted by Gasteiger charge is 2.16. The Morgan fingerprint density at radius 2 is 2.22 bits per heavy atom. The molecule has 0 saturated carbocycles. The molecule has 0 aliphatic heterocycles. The molecule has 2 rings (SSSR count). The van der Waals surface area contributed by atoms with E-state index in [0.717, 1.165) is 35.9 Å². The highest BCUT2D eigenvalue weighted by Crippen LogP contribution is 2.21. The zero-order valence-electron chi connectivity index (χ0n) is 11.4. The summed E-state index contributed by atoms with van der Waals surface area (Å²) in [4.78, 5) is 4.35. The monoisotopic (exact) mass is 248 g/mol. The van der Waals surface area contributed by atoms with Crippen molar-refractivity contribution in [3.63, 3.8) is 0 Å². The molecule has 18 heavy (non-hydrogen) atoms. The lowest BCUT2D eigenvalue weighted by atomic mass is 10.1. The summed E-state index contributed by atoms with van der Waals surface area (Å²) in [6, 6.07) is 0.207. The molecule has 0 aliphatic rings. The number of aryl methyl sites for hydroxylation is 3. The highest BCUT2D eigenvalue weighted by molar-refractivity contribution is 5.24. The SMILES string of the molecule is CCn1ccnc1CNC(C)c1c(C)noc1C. The number of nitrogens with zero attached hydrogens (tertiary/aromatic N) is 3. The van der Waals surface area contributed by atoms with Gasteiger partial charge in [-0.15, -0.1) is 0 Å². The summed E-state index contributed by atoms with van der Waals surface area (Å²) in [5.74, 6) is 1.93. The van der Waals surface area contributed by atoms with E-state index in [-0.39, 0.29) is 6.04 Å². The smallest absolute Gasteiger partial charge is 0.138 e. The van der Waals surface area contributed by atoms with Gasteiger partial charge < -0.3 is 14.4 Å². The molecule has 0 aliphatic carbocycles. The fraction of sp³-hybridized carbons (Fsp3) is 0.538. The summed E-state index contributed by atoms with van der Waals surface area (Å²) in [5, 5.41) is 7.44. The zero-order valence-corrected chi connectivity index (χ0v) is 11.4. The van der Waals surface area contributed by atoms with Crippen molar-refractivity contribution in [3.8, 4) is 0 Å². The van der Waals surface area contributed by atoms with Gasteiger partial charge in [-0.25, -0.2) is 4.98 Å². The molecule has 5 heteroatoms. The number of aromatic nitrogens is 3. The second-order valence-corrected chi connectivity index (χ2v) is 4.47. The zero-order chi connectivity index (χ0) is 13.1. The second-order valence-electron chi connectivity index (χ2n) is 4.47. The van der Waals surface area contributed by atoms with Gasteiger partial charge in [0.2, 0.25) is 0 Å². The Hall–Kier alpha value is -1.62. The van der Waals surface area contributed by atoms with E-state index in [2.05, 4.69) is 33.9 Å². The maximum atomic E-state index is 5.19. The fourth-order valence-corrected chi connectivity index (χ4v) is 2.25. The van der Waals surface area contributed by atoms with Crippen LogP contribution in [0.5, 0.6) is 0 Å². The third kappa shape index (κ3) is 2.46. The summed E-state index contributed by atoms with van der Waals surface area (Å²) in [5.41, 5.74) is 2.09. The third-order valence-corrected chi connectivity index (χ3v) is 3.23. The summed E-state index contributed by atoms with van der Waals surface area (Å²) >= 11 is 0. The summed E-state index contributed by atoms with van der Waals surface area (Å²) in [6.07, 6.45) is 3.83. The lowest BCUT2D eigenvalue weighted by Gasteiger charge is -2.14. The number of hydrogen-bond acceptors (Lipinski definition) is 4. The van der Waals surface area contributed by atoms with Crippen LogP contribution in [-0.2, 0) is 13.1 Å². The molecule has 0 aromatic carbocycles. The van der Waals surface area contributed by atoms with Crippen LogP contribution in [0.3, 0.4) is 0 Å². The molecule has 0 bridgehead atoms. The van der Waals surface area contributed by atoms with Crippen LogP contribution in [0.25, 0.3) is 0 Å². The van der Waals surface area contributed by atoms with Crippen molar-refractivity contribution in [3.05, 3.63) is 35.2 Å². The average Bonchev–Trinajstić information content (AvgIpc) is 2.93. The molecular formula is C13H20N4O. The Morgan fingerprint density at radius 1 is 1.44 bits per heavy atom. The summed E-state index contributed by atoms with van der Waals surface area (Å²) < 4.78 is 7.32. The largest absolute Gasteiger partial charge is 0.361 e. The van der Waals surface area contributed by atoms with Gasteiger partial charge in [0.05, 0.1) is 12.2 Å². The van der Waals surface area contributed by atoms with Crippen LogP contribution in [0.2, 0.25) is 0 Å². The molecule has 2 aromatic heterocycles. The summed E-state index contributed by atoms with van der Waals surface area (Å²) in [7, 11) is 0. The quantitative estimate of drug-likeness (QED) is 0.882. The molecule has 2 heterocycles. The fourth-order valence-electron chi connectivity index (χ4n) is 2.25. The van der Waals surface area contributed by atoms with Crippen molar-refractivity contribution in [2.24, 2.45) is 0 Å². The van der Waals surface area contributed by atoms with Gasteiger partial charge in [0.1, 0.15) is 11.6 Å². The molecule has 1 N–H and O–H groups in total. The van der Waals surface area contributed by atoms with Crippen molar-refractivity contribution in [2.75, 3.05) is 0 Å². The van der Waals surface area contributed by atoms with Gasteiger partial charge in [0.25, 0.3) is 0 Å². The van der Waals surface area contributed by atoms with Crippen LogP contribution in [0.15, 0.2) is 16.9 Å². The topological polar surface area (TPSA) is 55.9 Å². The second kappa shape index (κ2) is 5.35. The van der Waals surface area contributed by atoms with E-state index in [0.29, 0.717) is 0 Å².